The van der Waals surface area contributed by atoms with Crippen molar-refractivity contribution in [3.8, 4) is 0 Å². The molecule has 1 aliphatic carbocycles. The summed E-state index contributed by atoms with van der Waals surface area (Å²) < 4.78 is 0. The maximum atomic E-state index is 6.18. The quantitative estimate of drug-likeness (QED) is 0.658. The van der Waals surface area contributed by atoms with Crippen LogP contribution < -0.4 is 5.32 Å². The van der Waals surface area contributed by atoms with Gasteiger partial charge in [0, 0.05) is 29.8 Å². The fourth-order valence-electron chi connectivity index (χ4n) is 1.94. The van der Waals surface area contributed by atoms with Gasteiger partial charge >= 0.3 is 0 Å². The summed E-state index contributed by atoms with van der Waals surface area (Å²) in [6, 6.07) is 9.93. The number of anilines is 1. The predicted octanol–water partition coefficient (Wildman–Crippen LogP) is 4.34. The van der Waals surface area contributed by atoms with E-state index in [1.165, 1.54) is 12.8 Å². The van der Waals surface area contributed by atoms with Gasteiger partial charge in [0.25, 0.3) is 0 Å². The Labute approximate surface area is 128 Å². The minimum atomic E-state index is 0.558. The van der Waals surface area contributed by atoms with E-state index in [1.54, 1.807) is 11.8 Å². The molecule has 1 saturated carbocycles. The average Bonchev–Trinajstić information content (AvgIpc) is 3.31. The van der Waals surface area contributed by atoms with Crippen LogP contribution in [0.25, 0.3) is 0 Å². The van der Waals surface area contributed by atoms with Crippen LogP contribution in [0.15, 0.2) is 35.4 Å². The summed E-state index contributed by atoms with van der Waals surface area (Å²) in [5.41, 5.74) is 1.14. The molecule has 104 valence electrons. The average molecular weight is 306 g/mol. The Hall–Kier alpha value is -1.26. The van der Waals surface area contributed by atoms with Gasteiger partial charge in [0.15, 0.2) is 0 Å². The number of nitrogens with zero attached hydrogens (tertiary/aromatic N) is 2. The van der Waals surface area contributed by atoms with Crippen LogP contribution in [-0.4, -0.2) is 17.0 Å². The van der Waals surface area contributed by atoms with E-state index in [1.807, 2.05) is 31.3 Å². The van der Waals surface area contributed by atoms with Gasteiger partial charge in [0.05, 0.1) is 0 Å². The Morgan fingerprint density at radius 1 is 1.30 bits per heavy atom. The lowest BCUT2D eigenvalue weighted by atomic mass is 10.2. The molecule has 1 aromatic carbocycles. The third kappa shape index (κ3) is 3.25. The lowest BCUT2D eigenvalue weighted by Crippen LogP contribution is -2.00. The molecule has 0 saturated heterocycles. The molecule has 0 spiro atoms. The molecule has 1 fully saturated rings. The highest BCUT2D eigenvalue weighted by Crippen LogP contribution is 2.39. The number of hydrogen-bond acceptors (Lipinski definition) is 4. The minimum absolute atomic E-state index is 0.558. The van der Waals surface area contributed by atoms with Crippen molar-refractivity contribution >= 4 is 29.2 Å². The summed E-state index contributed by atoms with van der Waals surface area (Å²) in [6.07, 6.45) is 2.42. The normalized spacial score (nSPS) is 14.3. The Morgan fingerprint density at radius 3 is 2.80 bits per heavy atom. The standard InChI is InChI=1S/C15H16ClN3S/c1-17-13-8-14(19-15(18-13)10-6-7-10)20-9-11-4-2-3-5-12(11)16/h2-5,8,10H,6-7,9H2,1H3,(H,17,18,19). The first-order chi connectivity index (χ1) is 9.76. The Bertz CT molecular complexity index is 614. The number of thioether (sulfide) groups is 1. The Kier molecular flexibility index (Phi) is 4.13. The van der Waals surface area contributed by atoms with Crippen LogP contribution in [0.4, 0.5) is 5.82 Å². The van der Waals surface area contributed by atoms with Crippen molar-refractivity contribution in [3.05, 3.63) is 46.7 Å². The number of rotatable bonds is 5. The second kappa shape index (κ2) is 6.02. The van der Waals surface area contributed by atoms with Crippen LogP contribution in [-0.2, 0) is 5.75 Å². The molecule has 0 unspecified atom stereocenters. The van der Waals surface area contributed by atoms with Gasteiger partial charge in [-0.2, -0.15) is 0 Å². The second-order valence-electron chi connectivity index (χ2n) is 4.85. The zero-order valence-electron chi connectivity index (χ0n) is 11.3. The third-order valence-corrected chi connectivity index (χ3v) is 4.58. The molecule has 5 heteroatoms. The molecule has 3 rings (SSSR count). The zero-order valence-corrected chi connectivity index (χ0v) is 12.8. The van der Waals surface area contributed by atoms with Gasteiger partial charge in [-0.05, 0) is 24.5 Å². The van der Waals surface area contributed by atoms with Crippen molar-refractivity contribution < 1.29 is 0 Å². The van der Waals surface area contributed by atoms with Crippen LogP contribution >= 0.6 is 23.4 Å². The highest BCUT2D eigenvalue weighted by Gasteiger charge is 2.27. The van der Waals surface area contributed by atoms with Gasteiger partial charge in [-0.3, -0.25) is 0 Å². The van der Waals surface area contributed by atoms with Crippen LogP contribution in [0.3, 0.4) is 0 Å². The van der Waals surface area contributed by atoms with Gasteiger partial charge < -0.3 is 5.32 Å². The molecule has 0 aliphatic heterocycles. The van der Waals surface area contributed by atoms with Gasteiger partial charge in [0.1, 0.15) is 16.7 Å². The van der Waals surface area contributed by atoms with E-state index in [2.05, 4.69) is 21.4 Å². The molecule has 2 aromatic rings. The lowest BCUT2D eigenvalue weighted by molar-refractivity contribution is 0.880. The molecule has 0 amide bonds. The Morgan fingerprint density at radius 2 is 2.10 bits per heavy atom. The Balaban J connectivity index is 1.76. The first-order valence-electron chi connectivity index (χ1n) is 6.69. The van der Waals surface area contributed by atoms with E-state index in [9.17, 15) is 0 Å². The fraction of sp³-hybridized carbons (Fsp3) is 0.333. The number of nitrogens with one attached hydrogen (secondary N) is 1. The summed E-state index contributed by atoms with van der Waals surface area (Å²) in [7, 11) is 1.89. The summed E-state index contributed by atoms with van der Waals surface area (Å²) in [5.74, 6) is 3.24. The summed E-state index contributed by atoms with van der Waals surface area (Å²) in [4.78, 5) is 9.18. The van der Waals surface area contributed by atoms with E-state index in [0.29, 0.717) is 5.92 Å². The summed E-state index contributed by atoms with van der Waals surface area (Å²) >= 11 is 7.88. The molecule has 3 nitrogen and oxygen atoms in total. The lowest BCUT2D eigenvalue weighted by Gasteiger charge is -2.07. The topological polar surface area (TPSA) is 37.8 Å². The maximum absolute atomic E-state index is 6.18. The van der Waals surface area contributed by atoms with Crippen molar-refractivity contribution in [1.29, 1.82) is 0 Å². The van der Waals surface area contributed by atoms with Crippen LogP contribution in [0.5, 0.6) is 0 Å². The molecular weight excluding hydrogens is 290 g/mol. The SMILES string of the molecule is CNc1cc(SCc2ccccc2Cl)nc(C2CC2)n1. The van der Waals surface area contributed by atoms with Crippen molar-refractivity contribution in [2.75, 3.05) is 12.4 Å². The molecule has 1 N–H and O–H groups in total. The molecule has 0 bridgehead atoms. The van der Waals surface area contributed by atoms with Crippen LogP contribution in [0.2, 0.25) is 5.02 Å². The van der Waals surface area contributed by atoms with Gasteiger partial charge in [-0.25, -0.2) is 9.97 Å². The molecule has 1 aromatic heterocycles. The number of benzene rings is 1. The molecule has 20 heavy (non-hydrogen) atoms. The monoisotopic (exact) mass is 305 g/mol. The first kappa shape index (κ1) is 13.7. The van der Waals surface area contributed by atoms with Gasteiger partial charge in [0.2, 0.25) is 0 Å². The van der Waals surface area contributed by atoms with E-state index in [4.69, 9.17) is 11.6 Å². The highest BCUT2D eigenvalue weighted by atomic mass is 35.5. The highest BCUT2D eigenvalue weighted by molar-refractivity contribution is 7.98. The third-order valence-electron chi connectivity index (χ3n) is 3.25. The summed E-state index contributed by atoms with van der Waals surface area (Å²) in [6.45, 7) is 0. The van der Waals surface area contributed by atoms with Crippen LogP contribution in [0.1, 0.15) is 30.1 Å². The maximum Gasteiger partial charge on any atom is 0.135 e. The molecule has 1 heterocycles. The van der Waals surface area contributed by atoms with Crippen molar-refractivity contribution in [2.24, 2.45) is 0 Å². The predicted molar refractivity (Wildman–Crippen MR) is 84.6 cm³/mol. The van der Waals surface area contributed by atoms with Gasteiger partial charge in [-0.15, -0.1) is 11.8 Å². The largest absolute Gasteiger partial charge is 0.373 e. The van der Waals surface area contributed by atoms with E-state index >= 15 is 0 Å². The number of hydrogen-bond donors (Lipinski definition) is 1. The molecule has 0 radical (unpaired) electrons. The van der Waals surface area contributed by atoms with Crippen molar-refractivity contribution in [3.63, 3.8) is 0 Å². The second-order valence-corrected chi connectivity index (χ2v) is 6.26. The van der Waals surface area contributed by atoms with E-state index in [-0.39, 0.29) is 0 Å². The van der Waals surface area contributed by atoms with E-state index < -0.39 is 0 Å². The zero-order chi connectivity index (χ0) is 13.9. The fourth-order valence-corrected chi connectivity index (χ4v) is 3.13. The molecule has 1 aliphatic rings. The van der Waals surface area contributed by atoms with Crippen molar-refractivity contribution in [1.82, 2.24) is 9.97 Å². The molecule has 0 atom stereocenters. The number of aromatic nitrogens is 2. The van der Waals surface area contributed by atoms with E-state index in [0.717, 1.165) is 33.0 Å². The van der Waals surface area contributed by atoms with Crippen LogP contribution in [0, 0.1) is 0 Å². The summed E-state index contributed by atoms with van der Waals surface area (Å²) in [5, 5.41) is 4.93. The molecular formula is C15H16ClN3S. The smallest absolute Gasteiger partial charge is 0.135 e. The van der Waals surface area contributed by atoms with Crippen molar-refractivity contribution in [2.45, 2.75) is 29.5 Å². The number of halogens is 1. The minimum Gasteiger partial charge on any atom is -0.373 e. The van der Waals surface area contributed by atoms with Gasteiger partial charge in [-0.1, -0.05) is 29.8 Å². The first-order valence-corrected chi connectivity index (χ1v) is 8.05.